The van der Waals surface area contributed by atoms with E-state index in [1.165, 1.54) is 0 Å². The van der Waals surface area contributed by atoms with Crippen LogP contribution < -0.4 is 22.1 Å². The summed E-state index contributed by atoms with van der Waals surface area (Å²) in [4.78, 5) is 52.4. The van der Waals surface area contributed by atoms with Gasteiger partial charge in [-0.1, -0.05) is 38.1 Å². The van der Waals surface area contributed by atoms with E-state index in [1.807, 2.05) is 12.1 Å². The van der Waals surface area contributed by atoms with Gasteiger partial charge in [0.25, 0.3) is 0 Å². The Morgan fingerprint density at radius 1 is 0.933 bits per heavy atom. The van der Waals surface area contributed by atoms with Gasteiger partial charge >= 0.3 is 5.69 Å². The van der Waals surface area contributed by atoms with Gasteiger partial charge in [-0.05, 0) is 97.7 Å². The molecule has 0 saturated heterocycles. The second-order valence-electron chi connectivity index (χ2n) is 12.7. The van der Waals surface area contributed by atoms with E-state index < -0.39 is 6.04 Å². The molecule has 1 saturated carbocycles. The van der Waals surface area contributed by atoms with E-state index in [0.717, 1.165) is 64.8 Å². The lowest BCUT2D eigenvalue weighted by atomic mass is 9.81. The summed E-state index contributed by atoms with van der Waals surface area (Å²) in [5.41, 5.74) is 13.5. The summed E-state index contributed by atoms with van der Waals surface area (Å²) in [7, 11) is 0. The maximum Gasteiger partial charge on any atom is 0.323 e. The number of benzene rings is 3. The van der Waals surface area contributed by atoms with Crippen molar-refractivity contribution in [3.8, 4) is 11.1 Å². The quantitative estimate of drug-likeness (QED) is 0.134. The molecule has 2 amide bonds. The van der Waals surface area contributed by atoms with Crippen LogP contribution in [0.1, 0.15) is 62.4 Å². The summed E-state index contributed by atoms with van der Waals surface area (Å²) < 4.78 is 0. The Morgan fingerprint density at radius 3 is 2.38 bits per heavy atom. The minimum atomic E-state index is -0.784. The fraction of sp³-hybridized carbons (Fsp3) is 0.371. The maximum atomic E-state index is 13.7. The average Bonchev–Trinajstić information content (AvgIpc) is 3.62. The van der Waals surface area contributed by atoms with E-state index in [2.05, 4.69) is 70.6 Å². The van der Waals surface area contributed by atoms with Gasteiger partial charge in [0.1, 0.15) is 11.9 Å². The van der Waals surface area contributed by atoms with Crippen LogP contribution in [0.5, 0.6) is 0 Å². The molecule has 0 spiro atoms. The molecule has 6 rings (SSSR count). The normalized spacial score (nSPS) is 17.5. The topological polar surface area (TPSA) is 162 Å². The third-order valence-electron chi connectivity index (χ3n) is 9.07. The van der Waals surface area contributed by atoms with E-state index in [1.54, 1.807) is 18.2 Å². The molecule has 1 aliphatic carbocycles. The molecular weight excluding hydrogens is 566 g/mol. The molecule has 0 unspecified atom stereocenters. The first-order valence-electron chi connectivity index (χ1n) is 15.8. The first kappa shape index (κ1) is 30.3. The fourth-order valence-electron chi connectivity index (χ4n) is 6.32. The smallest absolute Gasteiger partial charge is 0.323 e. The molecule has 0 radical (unpaired) electrons. The molecule has 1 atom stereocenters. The zero-order valence-corrected chi connectivity index (χ0v) is 26.0. The van der Waals surface area contributed by atoms with Crippen molar-refractivity contribution in [3.63, 3.8) is 0 Å². The van der Waals surface area contributed by atoms with Crippen LogP contribution in [-0.4, -0.2) is 44.3 Å². The van der Waals surface area contributed by atoms with E-state index in [-0.39, 0.29) is 23.4 Å². The Hall–Kier alpha value is -4.70. The zero-order chi connectivity index (χ0) is 31.7. The predicted molar refractivity (Wildman–Crippen MR) is 178 cm³/mol. The number of carbonyl (C=O) groups excluding carboxylic acids is 2. The number of imidazole rings is 2. The molecule has 0 aliphatic heterocycles. The number of fused-ring (bicyclic) bond motifs is 2. The molecule has 5 aromatic rings. The lowest BCUT2D eigenvalue weighted by Gasteiger charge is -2.28. The molecule has 2 aromatic heterocycles. The van der Waals surface area contributed by atoms with E-state index in [0.29, 0.717) is 41.5 Å². The van der Waals surface area contributed by atoms with Gasteiger partial charge in [-0.3, -0.25) is 9.59 Å². The lowest BCUT2D eigenvalue weighted by Crippen LogP contribution is -2.48. The van der Waals surface area contributed by atoms with Crippen molar-refractivity contribution in [1.82, 2.24) is 25.3 Å². The largest absolute Gasteiger partial charge is 0.344 e. The van der Waals surface area contributed by atoms with Crippen LogP contribution in [0, 0.1) is 18.8 Å². The zero-order valence-electron chi connectivity index (χ0n) is 26.0. The van der Waals surface area contributed by atoms with Crippen molar-refractivity contribution < 1.29 is 9.59 Å². The second-order valence-corrected chi connectivity index (χ2v) is 12.7. The van der Waals surface area contributed by atoms with Crippen molar-refractivity contribution >= 4 is 39.6 Å². The molecule has 10 nitrogen and oxygen atoms in total. The summed E-state index contributed by atoms with van der Waals surface area (Å²) >= 11 is 0. The minimum absolute atomic E-state index is 0.101. The van der Waals surface area contributed by atoms with E-state index >= 15 is 0 Å². The number of aromatic nitrogens is 4. The van der Waals surface area contributed by atoms with E-state index in [4.69, 9.17) is 10.7 Å². The third kappa shape index (κ3) is 6.71. The number of nitrogens with two attached hydrogens (primary N) is 1. The number of H-pyrrole nitrogens is 3. The summed E-state index contributed by atoms with van der Waals surface area (Å²) in [6.45, 7) is 6.97. The van der Waals surface area contributed by atoms with Gasteiger partial charge in [0.2, 0.25) is 11.8 Å². The molecule has 45 heavy (non-hydrogen) atoms. The number of nitrogens with one attached hydrogen (secondary N) is 5. The first-order chi connectivity index (χ1) is 21.7. The SMILES string of the molecule is Cc1cc2[nH]c(C(C)C)nc2cc1-c1ccc(C[C@@H](NC(=O)C2CCC(CN)CC2)C(=O)Nc2ccc3[nH]c(=O)[nH]c3c2)cc1. The summed E-state index contributed by atoms with van der Waals surface area (Å²) in [5.74, 6) is 1.18. The Kier molecular flexibility index (Phi) is 8.58. The molecule has 234 valence electrons. The molecule has 1 fully saturated rings. The number of anilines is 1. The van der Waals surface area contributed by atoms with Crippen molar-refractivity contribution in [2.45, 2.75) is 64.8 Å². The Morgan fingerprint density at radius 2 is 1.67 bits per heavy atom. The summed E-state index contributed by atoms with van der Waals surface area (Å²) in [6.07, 6.45) is 3.71. The van der Waals surface area contributed by atoms with Crippen molar-refractivity contribution in [2.75, 3.05) is 11.9 Å². The highest BCUT2D eigenvalue weighted by molar-refractivity contribution is 5.99. The van der Waals surface area contributed by atoms with Crippen LogP contribution in [0.4, 0.5) is 5.69 Å². The molecular formula is C35H41N7O3. The van der Waals surface area contributed by atoms with Crippen molar-refractivity contribution in [2.24, 2.45) is 17.6 Å². The molecule has 3 aromatic carbocycles. The van der Waals surface area contributed by atoms with Gasteiger partial charge in [-0.25, -0.2) is 9.78 Å². The molecule has 10 heteroatoms. The van der Waals surface area contributed by atoms with Crippen LogP contribution in [0.25, 0.3) is 33.2 Å². The van der Waals surface area contributed by atoms with Gasteiger partial charge in [0.15, 0.2) is 0 Å². The van der Waals surface area contributed by atoms with Gasteiger partial charge in [0, 0.05) is 23.9 Å². The van der Waals surface area contributed by atoms with Crippen molar-refractivity contribution in [1.29, 1.82) is 0 Å². The van der Waals surface area contributed by atoms with Gasteiger partial charge in [-0.15, -0.1) is 0 Å². The molecule has 7 N–H and O–H groups in total. The standard InChI is InChI=1S/C35H41N7O3/c1-19(2)32-38-28-14-20(3)26(17-30(28)39-32)23-8-4-21(5-9-23)15-31(40-33(43)24-10-6-22(18-36)7-11-24)34(44)37-25-12-13-27-29(16-25)42-35(45)41-27/h4-5,8-9,12-14,16-17,19,22,24,31H,6-7,10-11,15,18,36H2,1-3H3,(H,37,44)(H,38,39)(H,40,43)(H2,41,42,45)/t22?,24?,31-/m1/s1. The number of carbonyl (C=O) groups is 2. The lowest BCUT2D eigenvalue weighted by molar-refractivity contribution is -0.130. The fourth-order valence-corrected chi connectivity index (χ4v) is 6.32. The van der Waals surface area contributed by atoms with E-state index in [9.17, 15) is 14.4 Å². The number of hydrogen-bond donors (Lipinski definition) is 6. The van der Waals surface area contributed by atoms with Crippen LogP contribution in [0.2, 0.25) is 0 Å². The number of hydrogen-bond acceptors (Lipinski definition) is 5. The molecule has 1 aliphatic rings. The summed E-state index contributed by atoms with van der Waals surface area (Å²) in [5, 5.41) is 6.00. The van der Waals surface area contributed by atoms with Crippen LogP contribution >= 0.6 is 0 Å². The number of aryl methyl sites for hydroxylation is 1. The third-order valence-corrected chi connectivity index (χ3v) is 9.07. The van der Waals surface area contributed by atoms with Gasteiger partial charge in [0.05, 0.1) is 22.1 Å². The average molecular weight is 608 g/mol. The highest BCUT2D eigenvalue weighted by Gasteiger charge is 2.29. The Bertz CT molecular complexity index is 1890. The number of aromatic amines is 3. The highest BCUT2D eigenvalue weighted by atomic mass is 16.2. The van der Waals surface area contributed by atoms with Crippen LogP contribution in [0.15, 0.2) is 59.4 Å². The van der Waals surface area contributed by atoms with Crippen LogP contribution in [-0.2, 0) is 16.0 Å². The Balaban J connectivity index is 1.22. The van der Waals surface area contributed by atoms with Gasteiger partial charge < -0.3 is 31.3 Å². The predicted octanol–water partition coefficient (Wildman–Crippen LogP) is 5.26. The molecule has 2 heterocycles. The molecule has 0 bridgehead atoms. The Labute approximate surface area is 261 Å². The number of nitrogens with zero attached hydrogens (tertiary/aromatic N) is 1. The second kappa shape index (κ2) is 12.7. The summed E-state index contributed by atoms with van der Waals surface area (Å²) in [6, 6.07) is 16.8. The monoisotopic (exact) mass is 607 g/mol. The number of amides is 2. The van der Waals surface area contributed by atoms with Gasteiger partial charge in [-0.2, -0.15) is 0 Å². The van der Waals surface area contributed by atoms with Crippen molar-refractivity contribution in [3.05, 3.63) is 82.0 Å². The minimum Gasteiger partial charge on any atom is -0.344 e. The number of rotatable bonds is 9. The first-order valence-corrected chi connectivity index (χ1v) is 15.8. The van der Waals surface area contributed by atoms with Crippen LogP contribution in [0.3, 0.4) is 0 Å². The maximum absolute atomic E-state index is 13.7. The highest BCUT2D eigenvalue weighted by Crippen LogP contribution is 2.30.